The van der Waals surface area contributed by atoms with Crippen LogP contribution in [0.25, 0.3) is 0 Å². The summed E-state index contributed by atoms with van der Waals surface area (Å²) in [6, 6.07) is 4.00. The molecule has 5 nitrogen and oxygen atoms in total. The fourth-order valence-corrected chi connectivity index (χ4v) is 2.47. The van der Waals surface area contributed by atoms with E-state index in [4.69, 9.17) is 0 Å². The molecule has 0 aliphatic heterocycles. The van der Waals surface area contributed by atoms with E-state index in [2.05, 4.69) is 15.4 Å². The van der Waals surface area contributed by atoms with Crippen LogP contribution in [0.15, 0.2) is 35.6 Å². The van der Waals surface area contributed by atoms with Gasteiger partial charge in [-0.25, -0.2) is 8.78 Å². The lowest BCUT2D eigenvalue weighted by Crippen LogP contribution is -2.40. The van der Waals surface area contributed by atoms with Crippen molar-refractivity contribution in [2.75, 3.05) is 20.6 Å². The summed E-state index contributed by atoms with van der Waals surface area (Å²) in [5, 5.41) is 7.41. The quantitative estimate of drug-likeness (QED) is 0.421. The van der Waals surface area contributed by atoms with Crippen molar-refractivity contribution in [1.82, 2.24) is 20.0 Å². The van der Waals surface area contributed by atoms with Crippen molar-refractivity contribution >= 4 is 29.9 Å². The molecule has 1 unspecified atom stereocenters. The molecular formula is C17H24F2IN5. The largest absolute Gasteiger partial charge is 0.356 e. The van der Waals surface area contributed by atoms with Crippen molar-refractivity contribution in [2.45, 2.75) is 19.4 Å². The molecule has 2 aromatic rings. The number of guanidine groups is 1. The van der Waals surface area contributed by atoms with Crippen molar-refractivity contribution < 1.29 is 8.78 Å². The highest BCUT2D eigenvalue weighted by Gasteiger charge is 2.12. The maximum absolute atomic E-state index is 13.3. The van der Waals surface area contributed by atoms with Gasteiger partial charge in [0.05, 0.1) is 6.20 Å². The molecule has 8 heteroatoms. The molecule has 138 valence electrons. The van der Waals surface area contributed by atoms with E-state index in [0.717, 1.165) is 23.2 Å². The summed E-state index contributed by atoms with van der Waals surface area (Å²) in [6.45, 7) is 3.19. The summed E-state index contributed by atoms with van der Waals surface area (Å²) in [6.07, 6.45) is 3.77. The number of hydrogen-bond acceptors (Lipinski definition) is 2. The predicted molar refractivity (Wildman–Crippen MR) is 106 cm³/mol. The van der Waals surface area contributed by atoms with Crippen LogP contribution in [0, 0.1) is 11.6 Å². The minimum Gasteiger partial charge on any atom is -0.356 e. The number of hydrogen-bond donors (Lipinski definition) is 1. The van der Waals surface area contributed by atoms with E-state index in [9.17, 15) is 8.78 Å². The van der Waals surface area contributed by atoms with Crippen LogP contribution in [-0.4, -0.2) is 41.3 Å². The Labute approximate surface area is 164 Å². The minimum atomic E-state index is -0.828. The Morgan fingerprint density at radius 3 is 2.64 bits per heavy atom. The Morgan fingerprint density at radius 2 is 2.08 bits per heavy atom. The number of nitrogens with one attached hydrogen (secondary N) is 1. The summed E-state index contributed by atoms with van der Waals surface area (Å²) in [5.41, 5.74) is 1.82. The van der Waals surface area contributed by atoms with Gasteiger partial charge in [-0.3, -0.25) is 9.67 Å². The van der Waals surface area contributed by atoms with Gasteiger partial charge in [-0.2, -0.15) is 5.10 Å². The van der Waals surface area contributed by atoms with Crippen molar-refractivity contribution in [3.05, 3.63) is 53.4 Å². The normalized spacial score (nSPS) is 12.5. The van der Waals surface area contributed by atoms with E-state index in [0.29, 0.717) is 13.1 Å². The highest BCUT2D eigenvalue weighted by molar-refractivity contribution is 14.0. The average Bonchev–Trinajstić information content (AvgIpc) is 2.95. The first kappa shape index (κ1) is 21.3. The first-order valence-corrected chi connectivity index (χ1v) is 7.75. The summed E-state index contributed by atoms with van der Waals surface area (Å²) in [7, 11) is 5.52. The Balaban J connectivity index is 0.00000312. The van der Waals surface area contributed by atoms with E-state index in [1.807, 2.05) is 38.3 Å². The number of aryl methyl sites for hydroxylation is 1. The molecule has 0 amide bonds. The molecule has 0 aliphatic rings. The number of benzene rings is 1. The van der Waals surface area contributed by atoms with Gasteiger partial charge < -0.3 is 10.2 Å². The molecule has 1 aromatic carbocycles. The number of aliphatic imine (C=N–C) groups is 1. The van der Waals surface area contributed by atoms with E-state index in [-0.39, 0.29) is 29.9 Å². The van der Waals surface area contributed by atoms with Gasteiger partial charge in [0.1, 0.15) is 0 Å². The van der Waals surface area contributed by atoms with E-state index >= 15 is 0 Å². The maximum Gasteiger partial charge on any atom is 0.193 e. The molecule has 0 radical (unpaired) electrons. The molecule has 0 saturated heterocycles. The fraction of sp³-hybridized carbons (Fsp3) is 0.412. The second kappa shape index (κ2) is 9.69. The summed E-state index contributed by atoms with van der Waals surface area (Å²) >= 11 is 0. The molecular weight excluding hydrogens is 439 g/mol. The SMILES string of the molecule is CN=C(NCC(C)c1ccc(F)c(F)c1)N(C)Cc1cnn(C)c1.I. The van der Waals surface area contributed by atoms with E-state index < -0.39 is 11.6 Å². The number of halogens is 3. The molecule has 1 aromatic heterocycles. The monoisotopic (exact) mass is 463 g/mol. The molecule has 2 rings (SSSR count). The van der Waals surface area contributed by atoms with Gasteiger partial charge >= 0.3 is 0 Å². The molecule has 1 heterocycles. The van der Waals surface area contributed by atoms with Crippen molar-refractivity contribution in [1.29, 1.82) is 0 Å². The predicted octanol–water partition coefficient (Wildman–Crippen LogP) is 3.13. The Kier molecular flexibility index (Phi) is 8.27. The van der Waals surface area contributed by atoms with Crippen molar-refractivity contribution in [3.63, 3.8) is 0 Å². The first-order chi connectivity index (χ1) is 11.4. The Morgan fingerprint density at radius 1 is 1.36 bits per heavy atom. The molecule has 0 aliphatic carbocycles. The van der Waals surface area contributed by atoms with Crippen LogP contribution < -0.4 is 5.32 Å². The van der Waals surface area contributed by atoms with Crippen LogP contribution in [0.2, 0.25) is 0 Å². The summed E-state index contributed by atoms with van der Waals surface area (Å²) in [5.74, 6) is -0.903. The standard InChI is InChI=1S/C17H23F2N5.HI/c1-12(14-5-6-15(18)16(19)7-14)8-21-17(20-2)23(3)10-13-9-22-24(4)11-13;/h5-7,9,11-12H,8,10H2,1-4H3,(H,20,21);1H. The maximum atomic E-state index is 13.3. The highest BCUT2D eigenvalue weighted by Crippen LogP contribution is 2.17. The van der Waals surface area contributed by atoms with Gasteiger partial charge in [-0.1, -0.05) is 13.0 Å². The summed E-state index contributed by atoms with van der Waals surface area (Å²) in [4.78, 5) is 6.24. The van der Waals surface area contributed by atoms with Gasteiger partial charge in [0.15, 0.2) is 17.6 Å². The van der Waals surface area contributed by atoms with Crippen molar-refractivity contribution in [2.24, 2.45) is 12.0 Å². The first-order valence-electron chi connectivity index (χ1n) is 7.75. The van der Waals surface area contributed by atoms with Crippen LogP contribution >= 0.6 is 24.0 Å². The van der Waals surface area contributed by atoms with Gasteiger partial charge in [0.2, 0.25) is 0 Å². The van der Waals surface area contributed by atoms with Crippen LogP contribution in [0.4, 0.5) is 8.78 Å². The lowest BCUT2D eigenvalue weighted by atomic mass is 10.0. The van der Waals surface area contributed by atoms with Gasteiger partial charge in [-0.15, -0.1) is 24.0 Å². The fourth-order valence-electron chi connectivity index (χ4n) is 2.47. The molecule has 1 N–H and O–H groups in total. The third-order valence-corrected chi connectivity index (χ3v) is 3.83. The molecule has 1 atom stereocenters. The van der Waals surface area contributed by atoms with Crippen LogP contribution in [0.5, 0.6) is 0 Å². The third kappa shape index (κ3) is 5.94. The topological polar surface area (TPSA) is 45.5 Å². The summed E-state index contributed by atoms with van der Waals surface area (Å²) < 4.78 is 28.1. The zero-order valence-electron chi connectivity index (χ0n) is 14.8. The second-order valence-corrected chi connectivity index (χ2v) is 5.88. The van der Waals surface area contributed by atoms with Gasteiger partial charge in [-0.05, 0) is 23.6 Å². The molecule has 25 heavy (non-hydrogen) atoms. The van der Waals surface area contributed by atoms with Crippen LogP contribution in [0.3, 0.4) is 0 Å². The average molecular weight is 463 g/mol. The zero-order chi connectivity index (χ0) is 17.7. The Hall–Kier alpha value is -1.71. The van der Waals surface area contributed by atoms with Gasteiger partial charge in [0, 0.05) is 46.0 Å². The zero-order valence-corrected chi connectivity index (χ0v) is 17.2. The molecule has 0 fully saturated rings. The van der Waals surface area contributed by atoms with Crippen molar-refractivity contribution in [3.8, 4) is 0 Å². The lowest BCUT2D eigenvalue weighted by Gasteiger charge is -2.23. The number of aromatic nitrogens is 2. The van der Waals surface area contributed by atoms with E-state index in [1.54, 1.807) is 17.8 Å². The number of rotatable bonds is 5. The van der Waals surface area contributed by atoms with Gasteiger partial charge in [0.25, 0.3) is 0 Å². The third-order valence-electron chi connectivity index (χ3n) is 3.83. The molecule has 0 saturated carbocycles. The van der Waals surface area contributed by atoms with Crippen LogP contribution in [-0.2, 0) is 13.6 Å². The number of nitrogens with zero attached hydrogens (tertiary/aromatic N) is 4. The second-order valence-electron chi connectivity index (χ2n) is 5.88. The lowest BCUT2D eigenvalue weighted by molar-refractivity contribution is 0.472. The van der Waals surface area contributed by atoms with E-state index in [1.165, 1.54) is 6.07 Å². The Bertz CT molecular complexity index is 717. The smallest absolute Gasteiger partial charge is 0.193 e. The minimum absolute atomic E-state index is 0. The van der Waals surface area contributed by atoms with Crippen LogP contribution in [0.1, 0.15) is 24.0 Å². The molecule has 0 spiro atoms. The molecule has 0 bridgehead atoms. The highest BCUT2D eigenvalue weighted by atomic mass is 127.